The monoisotopic (exact) mass is 189 g/mol. The van der Waals surface area contributed by atoms with Crippen molar-refractivity contribution in [1.82, 2.24) is 14.8 Å². The summed E-state index contributed by atoms with van der Waals surface area (Å²) in [6.45, 7) is 3.12. The lowest BCUT2D eigenvalue weighted by Gasteiger charge is -2.01. The lowest BCUT2D eigenvalue weighted by atomic mass is 10.6. The molecule has 0 spiro atoms. The first kappa shape index (κ1) is 9.48. The molecule has 4 nitrogen and oxygen atoms in total. The Labute approximate surface area is 76.5 Å². The van der Waals surface area contributed by atoms with Crippen molar-refractivity contribution in [3.05, 3.63) is 11.6 Å². The minimum Gasteiger partial charge on any atom is -0.374 e. The number of aromatic nitrogens is 3. The maximum atomic E-state index is 5.62. The van der Waals surface area contributed by atoms with Crippen molar-refractivity contribution < 1.29 is 4.74 Å². The first-order valence-corrected chi connectivity index (χ1v) is 4.33. The molecule has 0 amide bonds. The molecule has 5 heteroatoms. The number of ether oxygens (including phenoxy) is 1. The average Bonchev–Trinajstić information content (AvgIpc) is 2.43. The Morgan fingerprint density at radius 2 is 2.08 bits per heavy atom. The molecule has 1 rings (SSSR count). The van der Waals surface area contributed by atoms with E-state index >= 15 is 0 Å². The maximum Gasteiger partial charge on any atom is 0.158 e. The third-order valence-electron chi connectivity index (χ3n) is 1.61. The van der Waals surface area contributed by atoms with Crippen molar-refractivity contribution in [3.63, 3.8) is 0 Å². The standard InChI is InChI=1S/C7H12ClN3O/c1-3-12-5-7-10-9-6(4-8)11(7)2/h3-5H2,1-2H3. The summed E-state index contributed by atoms with van der Waals surface area (Å²) in [6.07, 6.45) is 0. The van der Waals surface area contributed by atoms with Crippen molar-refractivity contribution in [2.45, 2.75) is 19.4 Å². The molecular weight excluding hydrogens is 178 g/mol. The van der Waals surface area contributed by atoms with Gasteiger partial charge in [-0.05, 0) is 6.92 Å². The van der Waals surface area contributed by atoms with Crippen molar-refractivity contribution >= 4 is 11.6 Å². The summed E-state index contributed by atoms with van der Waals surface area (Å²) < 4.78 is 7.04. The molecule has 0 aromatic carbocycles. The van der Waals surface area contributed by atoms with Crippen molar-refractivity contribution in [2.75, 3.05) is 6.61 Å². The normalized spacial score (nSPS) is 10.6. The molecule has 0 saturated heterocycles. The number of halogens is 1. The van der Waals surface area contributed by atoms with Gasteiger partial charge in [0.15, 0.2) is 5.82 Å². The van der Waals surface area contributed by atoms with Crippen LogP contribution in [0.25, 0.3) is 0 Å². The quantitative estimate of drug-likeness (QED) is 0.666. The Morgan fingerprint density at radius 3 is 2.58 bits per heavy atom. The second-order valence-electron chi connectivity index (χ2n) is 2.36. The molecule has 0 aliphatic carbocycles. The van der Waals surface area contributed by atoms with E-state index in [0.717, 1.165) is 11.6 Å². The minimum atomic E-state index is 0.385. The third kappa shape index (κ3) is 1.95. The molecule has 0 aliphatic heterocycles. The van der Waals surface area contributed by atoms with Crippen LogP contribution in [-0.4, -0.2) is 21.4 Å². The van der Waals surface area contributed by atoms with E-state index in [2.05, 4.69) is 10.2 Å². The Bertz CT molecular complexity index is 249. The molecule has 0 bridgehead atoms. The third-order valence-corrected chi connectivity index (χ3v) is 1.85. The molecule has 1 heterocycles. The van der Waals surface area contributed by atoms with Gasteiger partial charge in [0, 0.05) is 13.7 Å². The van der Waals surface area contributed by atoms with E-state index in [4.69, 9.17) is 16.3 Å². The lowest BCUT2D eigenvalue weighted by molar-refractivity contribution is 0.126. The summed E-state index contributed by atoms with van der Waals surface area (Å²) in [5, 5.41) is 7.82. The predicted molar refractivity (Wildman–Crippen MR) is 45.9 cm³/mol. The van der Waals surface area contributed by atoms with Gasteiger partial charge in [-0.3, -0.25) is 0 Å². The van der Waals surface area contributed by atoms with E-state index in [9.17, 15) is 0 Å². The SMILES string of the molecule is CCOCc1nnc(CCl)n1C. The van der Waals surface area contributed by atoms with Gasteiger partial charge in [0.2, 0.25) is 0 Å². The van der Waals surface area contributed by atoms with Crippen LogP contribution in [0.4, 0.5) is 0 Å². The van der Waals surface area contributed by atoms with Crippen molar-refractivity contribution in [2.24, 2.45) is 7.05 Å². The Balaban J connectivity index is 2.66. The molecule has 0 aliphatic rings. The van der Waals surface area contributed by atoms with Crippen molar-refractivity contribution in [1.29, 1.82) is 0 Å². The Kier molecular flexibility index (Phi) is 3.49. The van der Waals surface area contributed by atoms with Gasteiger partial charge in [-0.1, -0.05) is 0 Å². The fourth-order valence-corrected chi connectivity index (χ4v) is 1.07. The first-order chi connectivity index (χ1) is 5.79. The highest BCUT2D eigenvalue weighted by atomic mass is 35.5. The largest absolute Gasteiger partial charge is 0.374 e. The van der Waals surface area contributed by atoms with Gasteiger partial charge in [0.25, 0.3) is 0 Å². The number of alkyl halides is 1. The van der Waals surface area contributed by atoms with Crippen LogP contribution < -0.4 is 0 Å². The molecule has 68 valence electrons. The molecule has 0 N–H and O–H groups in total. The van der Waals surface area contributed by atoms with Crippen LogP contribution in [-0.2, 0) is 24.3 Å². The zero-order valence-electron chi connectivity index (χ0n) is 7.25. The summed E-state index contributed by atoms with van der Waals surface area (Å²) in [5.41, 5.74) is 0. The second-order valence-corrected chi connectivity index (χ2v) is 2.63. The van der Waals surface area contributed by atoms with Gasteiger partial charge in [0.1, 0.15) is 12.4 Å². The van der Waals surface area contributed by atoms with Crippen LogP contribution in [0.5, 0.6) is 0 Å². The fourth-order valence-electron chi connectivity index (χ4n) is 0.834. The van der Waals surface area contributed by atoms with Gasteiger partial charge in [-0.15, -0.1) is 21.8 Å². The predicted octanol–water partition coefficient (Wildman–Crippen LogP) is 1.09. The number of nitrogens with zero attached hydrogens (tertiary/aromatic N) is 3. The minimum absolute atomic E-state index is 0.385. The van der Waals surface area contributed by atoms with Gasteiger partial charge in [-0.2, -0.15) is 0 Å². The Hall–Kier alpha value is -0.610. The van der Waals surface area contributed by atoms with Crippen LogP contribution >= 0.6 is 11.6 Å². The summed E-state index contributed by atoms with van der Waals surface area (Å²) in [7, 11) is 1.88. The zero-order valence-corrected chi connectivity index (χ0v) is 8.01. The van der Waals surface area contributed by atoms with Crippen LogP contribution in [0, 0.1) is 0 Å². The van der Waals surface area contributed by atoms with Crippen LogP contribution in [0.2, 0.25) is 0 Å². The molecule has 0 unspecified atom stereocenters. The average molecular weight is 190 g/mol. The molecule has 12 heavy (non-hydrogen) atoms. The van der Waals surface area contributed by atoms with Gasteiger partial charge < -0.3 is 9.30 Å². The van der Waals surface area contributed by atoms with E-state index in [-0.39, 0.29) is 0 Å². The van der Waals surface area contributed by atoms with E-state index in [1.165, 1.54) is 0 Å². The van der Waals surface area contributed by atoms with E-state index in [1.54, 1.807) is 0 Å². The summed E-state index contributed by atoms with van der Waals surface area (Å²) >= 11 is 5.62. The van der Waals surface area contributed by atoms with E-state index < -0.39 is 0 Å². The smallest absolute Gasteiger partial charge is 0.158 e. The van der Waals surface area contributed by atoms with E-state index in [0.29, 0.717) is 19.1 Å². The van der Waals surface area contributed by atoms with Crippen LogP contribution in [0.3, 0.4) is 0 Å². The molecule has 0 saturated carbocycles. The summed E-state index contributed by atoms with van der Waals surface area (Å²) in [6, 6.07) is 0. The summed E-state index contributed by atoms with van der Waals surface area (Å²) in [5.74, 6) is 1.97. The van der Waals surface area contributed by atoms with Gasteiger partial charge in [-0.25, -0.2) is 0 Å². The molecule has 0 atom stereocenters. The zero-order chi connectivity index (χ0) is 8.97. The number of rotatable bonds is 4. The topological polar surface area (TPSA) is 39.9 Å². The number of hydrogen-bond donors (Lipinski definition) is 0. The first-order valence-electron chi connectivity index (χ1n) is 3.80. The fraction of sp³-hybridized carbons (Fsp3) is 0.714. The highest BCUT2D eigenvalue weighted by Crippen LogP contribution is 2.03. The van der Waals surface area contributed by atoms with Gasteiger partial charge in [0.05, 0.1) is 5.88 Å². The highest BCUT2D eigenvalue weighted by Gasteiger charge is 2.06. The van der Waals surface area contributed by atoms with Crippen LogP contribution in [0.1, 0.15) is 18.6 Å². The summed E-state index contributed by atoms with van der Waals surface area (Å²) in [4.78, 5) is 0. The number of hydrogen-bond acceptors (Lipinski definition) is 3. The van der Waals surface area contributed by atoms with Crippen LogP contribution in [0.15, 0.2) is 0 Å². The Morgan fingerprint density at radius 1 is 1.42 bits per heavy atom. The lowest BCUT2D eigenvalue weighted by Crippen LogP contribution is -2.03. The van der Waals surface area contributed by atoms with Gasteiger partial charge >= 0.3 is 0 Å². The molecule has 1 aromatic rings. The molecule has 0 fully saturated rings. The second kappa shape index (κ2) is 4.42. The molecular formula is C7H12ClN3O. The highest BCUT2D eigenvalue weighted by molar-refractivity contribution is 6.16. The van der Waals surface area contributed by atoms with E-state index in [1.807, 2.05) is 18.5 Å². The molecule has 1 aromatic heterocycles. The van der Waals surface area contributed by atoms with Crippen molar-refractivity contribution in [3.8, 4) is 0 Å². The maximum absolute atomic E-state index is 5.62. The molecule has 0 radical (unpaired) electrons.